The van der Waals surface area contributed by atoms with Crippen LogP contribution in [0.5, 0.6) is 0 Å². The van der Waals surface area contributed by atoms with Crippen molar-refractivity contribution >= 4 is 43.2 Å². The molecule has 4 aromatic rings. The molecule has 0 spiro atoms. The van der Waals surface area contributed by atoms with E-state index in [1.54, 1.807) is 0 Å². The fourth-order valence-corrected chi connectivity index (χ4v) is 3.85. The highest BCUT2D eigenvalue weighted by molar-refractivity contribution is 7.25. The first-order chi connectivity index (χ1) is 12.1. The summed E-state index contributed by atoms with van der Waals surface area (Å²) < 4.78 is 1.01. The average Bonchev–Trinajstić information content (AvgIpc) is 2.95. The highest BCUT2D eigenvalue weighted by Crippen LogP contribution is 2.29. The number of aromatic amines is 1. The van der Waals surface area contributed by atoms with Crippen LogP contribution in [0.4, 0.5) is 5.69 Å². The van der Waals surface area contributed by atoms with Gasteiger partial charge in [-0.05, 0) is 25.1 Å². The van der Waals surface area contributed by atoms with Crippen molar-refractivity contribution in [3.05, 3.63) is 70.3 Å². The molecule has 0 bridgehead atoms. The van der Waals surface area contributed by atoms with Gasteiger partial charge in [0.2, 0.25) is 5.91 Å². The summed E-state index contributed by atoms with van der Waals surface area (Å²) >= 11 is 1.46. The maximum atomic E-state index is 12.4. The minimum atomic E-state index is -0.215. The topological polar surface area (TPSA) is 74.8 Å². The minimum Gasteiger partial charge on any atom is -0.326 e. The molecule has 25 heavy (non-hydrogen) atoms. The maximum absolute atomic E-state index is 12.4. The lowest BCUT2D eigenvalue weighted by atomic mass is 10.2. The minimum absolute atomic E-state index is 0.0211. The van der Waals surface area contributed by atoms with Crippen LogP contribution in [-0.2, 0) is 11.2 Å². The number of benzene rings is 2. The van der Waals surface area contributed by atoms with Gasteiger partial charge in [-0.1, -0.05) is 35.9 Å². The zero-order chi connectivity index (χ0) is 17.4. The fraction of sp³-hybridized carbons (Fsp3) is 0.105. The molecule has 2 aromatic heterocycles. The van der Waals surface area contributed by atoms with Crippen molar-refractivity contribution in [1.29, 1.82) is 0 Å². The average molecular weight is 349 g/mol. The Balaban J connectivity index is 1.63. The molecule has 0 unspecified atom stereocenters. The highest BCUT2D eigenvalue weighted by atomic mass is 32.1. The van der Waals surface area contributed by atoms with E-state index in [1.165, 1.54) is 11.3 Å². The van der Waals surface area contributed by atoms with Crippen LogP contribution in [0.1, 0.15) is 11.4 Å². The van der Waals surface area contributed by atoms with Crippen molar-refractivity contribution < 1.29 is 4.79 Å². The number of hydrogen-bond acceptors (Lipinski definition) is 4. The second kappa shape index (κ2) is 6.14. The van der Waals surface area contributed by atoms with Gasteiger partial charge in [-0.2, -0.15) is 0 Å². The van der Waals surface area contributed by atoms with Crippen molar-refractivity contribution in [3.63, 3.8) is 0 Å². The number of amides is 1. The lowest BCUT2D eigenvalue weighted by Gasteiger charge is -2.05. The monoisotopic (exact) mass is 349 g/mol. The van der Waals surface area contributed by atoms with Gasteiger partial charge < -0.3 is 10.3 Å². The molecule has 0 saturated carbocycles. The number of hydrogen-bond donors (Lipinski definition) is 2. The third-order valence-corrected chi connectivity index (χ3v) is 5.03. The second-order valence-electron chi connectivity index (χ2n) is 5.88. The number of carbonyl (C=O) groups excluding carboxylic acids is 1. The molecule has 2 aromatic carbocycles. The Morgan fingerprint density at radius 1 is 1.16 bits per heavy atom. The van der Waals surface area contributed by atoms with E-state index in [2.05, 4.69) is 15.3 Å². The Labute approximate surface area is 147 Å². The van der Waals surface area contributed by atoms with Crippen molar-refractivity contribution in [2.24, 2.45) is 0 Å². The normalized spacial score (nSPS) is 11.1. The summed E-state index contributed by atoms with van der Waals surface area (Å²) in [6, 6.07) is 15.3. The molecule has 0 saturated heterocycles. The summed E-state index contributed by atoms with van der Waals surface area (Å²) in [6.45, 7) is 1.99. The van der Waals surface area contributed by atoms with E-state index in [0.717, 1.165) is 21.3 Å². The van der Waals surface area contributed by atoms with Crippen LogP contribution in [0.2, 0.25) is 0 Å². The van der Waals surface area contributed by atoms with Gasteiger partial charge in [0.15, 0.2) is 0 Å². The predicted molar refractivity (Wildman–Crippen MR) is 101 cm³/mol. The van der Waals surface area contributed by atoms with Gasteiger partial charge in [0.1, 0.15) is 10.7 Å². The summed E-state index contributed by atoms with van der Waals surface area (Å²) in [6.07, 6.45) is 0.0211. The number of carbonyl (C=O) groups is 1. The van der Waals surface area contributed by atoms with Crippen molar-refractivity contribution in [2.75, 3.05) is 5.32 Å². The first-order valence-corrected chi connectivity index (χ1v) is 8.69. The van der Waals surface area contributed by atoms with E-state index in [9.17, 15) is 9.59 Å². The molecule has 1 amide bonds. The maximum Gasteiger partial charge on any atom is 0.260 e. The van der Waals surface area contributed by atoms with Gasteiger partial charge in [0.05, 0.1) is 11.8 Å². The molecule has 0 atom stereocenters. The number of aryl methyl sites for hydroxylation is 1. The Morgan fingerprint density at radius 3 is 2.72 bits per heavy atom. The molecule has 5 nitrogen and oxygen atoms in total. The quantitative estimate of drug-likeness (QED) is 0.593. The largest absolute Gasteiger partial charge is 0.326 e. The van der Waals surface area contributed by atoms with E-state index in [4.69, 9.17) is 0 Å². The second-order valence-corrected chi connectivity index (χ2v) is 6.91. The Hall–Kier alpha value is -2.99. The summed E-state index contributed by atoms with van der Waals surface area (Å²) in [5.74, 6) is 0.154. The van der Waals surface area contributed by atoms with Crippen LogP contribution in [0.25, 0.3) is 20.3 Å². The SMILES string of the molecule is Cc1ccc(NC(=O)Cc2nc3sc4ccccc4c3c(=O)[nH]2)cc1. The summed E-state index contributed by atoms with van der Waals surface area (Å²) in [5, 5.41) is 4.30. The number of nitrogens with one attached hydrogen (secondary N) is 2. The van der Waals surface area contributed by atoms with Crippen molar-refractivity contribution in [1.82, 2.24) is 9.97 Å². The van der Waals surface area contributed by atoms with E-state index in [0.29, 0.717) is 16.0 Å². The summed E-state index contributed by atoms with van der Waals surface area (Å²) in [5.41, 5.74) is 1.64. The number of thiophene rings is 1. The number of nitrogens with zero attached hydrogens (tertiary/aromatic N) is 1. The smallest absolute Gasteiger partial charge is 0.260 e. The highest BCUT2D eigenvalue weighted by Gasteiger charge is 2.13. The molecule has 2 N–H and O–H groups in total. The molecule has 0 aliphatic carbocycles. The zero-order valence-corrected chi connectivity index (χ0v) is 14.3. The first-order valence-electron chi connectivity index (χ1n) is 7.87. The number of rotatable bonds is 3. The first kappa shape index (κ1) is 15.5. The van der Waals surface area contributed by atoms with Gasteiger partial charge in [0, 0.05) is 15.8 Å². The third-order valence-electron chi connectivity index (χ3n) is 3.96. The van der Waals surface area contributed by atoms with E-state index in [1.807, 2.05) is 55.5 Å². The van der Waals surface area contributed by atoms with E-state index >= 15 is 0 Å². The summed E-state index contributed by atoms with van der Waals surface area (Å²) in [7, 11) is 0. The summed E-state index contributed by atoms with van der Waals surface area (Å²) in [4.78, 5) is 32.5. The molecule has 0 fully saturated rings. The number of fused-ring (bicyclic) bond motifs is 3. The van der Waals surface area contributed by atoms with Crippen LogP contribution in [0.3, 0.4) is 0 Å². The lowest BCUT2D eigenvalue weighted by molar-refractivity contribution is -0.115. The van der Waals surface area contributed by atoms with Gasteiger partial charge in [-0.3, -0.25) is 9.59 Å². The Kier molecular flexibility index (Phi) is 3.82. The predicted octanol–water partition coefficient (Wildman–Crippen LogP) is 3.63. The van der Waals surface area contributed by atoms with E-state index in [-0.39, 0.29) is 17.9 Å². The molecule has 6 heteroatoms. The number of H-pyrrole nitrogens is 1. The Bertz CT molecular complexity index is 1140. The lowest BCUT2D eigenvalue weighted by Crippen LogP contribution is -2.19. The third kappa shape index (κ3) is 3.04. The number of aromatic nitrogens is 2. The fourth-order valence-electron chi connectivity index (χ4n) is 2.75. The van der Waals surface area contributed by atoms with Crippen molar-refractivity contribution in [3.8, 4) is 0 Å². The number of anilines is 1. The van der Waals surface area contributed by atoms with Crippen molar-refractivity contribution in [2.45, 2.75) is 13.3 Å². The van der Waals surface area contributed by atoms with Gasteiger partial charge in [-0.15, -0.1) is 11.3 Å². The van der Waals surface area contributed by atoms with Gasteiger partial charge in [0.25, 0.3) is 5.56 Å². The molecular weight excluding hydrogens is 334 g/mol. The molecule has 0 radical (unpaired) electrons. The molecule has 0 aliphatic rings. The molecule has 124 valence electrons. The molecule has 0 aliphatic heterocycles. The van der Waals surface area contributed by atoms with E-state index < -0.39 is 0 Å². The van der Waals surface area contributed by atoms with Crippen LogP contribution in [0.15, 0.2) is 53.3 Å². The van der Waals surface area contributed by atoms with Crippen LogP contribution < -0.4 is 10.9 Å². The van der Waals surface area contributed by atoms with Crippen LogP contribution in [-0.4, -0.2) is 15.9 Å². The van der Waals surface area contributed by atoms with Crippen LogP contribution in [0, 0.1) is 6.92 Å². The van der Waals surface area contributed by atoms with Gasteiger partial charge >= 0.3 is 0 Å². The molecular formula is C19H15N3O2S. The van der Waals surface area contributed by atoms with Crippen LogP contribution >= 0.6 is 11.3 Å². The zero-order valence-electron chi connectivity index (χ0n) is 13.5. The molecule has 4 rings (SSSR count). The van der Waals surface area contributed by atoms with Gasteiger partial charge in [-0.25, -0.2) is 4.98 Å². The molecule has 2 heterocycles. The Morgan fingerprint density at radius 2 is 1.92 bits per heavy atom. The standard InChI is InChI=1S/C19H15N3O2S/c1-11-6-8-12(9-7-11)20-16(23)10-15-21-18(24)17-13-4-2-3-5-14(13)25-19(17)22-15/h2-9H,10H2,1H3,(H,20,23)(H,21,22,24).